The standard InChI is InChI=1S/C22H30N4O/c1-2-27-22-8-4-3-7-21(22)26-16-14-24(15-17-26)12-13-25-11-9-20-19(18-25)6-5-10-23-20/h3-8,10H,2,9,11-18H2,1H3. The van der Waals surface area contributed by atoms with Crippen LogP contribution in [0, 0.1) is 0 Å². The van der Waals surface area contributed by atoms with Gasteiger partial charge < -0.3 is 9.64 Å². The van der Waals surface area contributed by atoms with E-state index in [4.69, 9.17) is 4.74 Å². The number of rotatable bonds is 6. The van der Waals surface area contributed by atoms with Crippen LogP contribution in [0.4, 0.5) is 5.69 Å². The van der Waals surface area contributed by atoms with E-state index in [0.29, 0.717) is 6.61 Å². The third-order valence-electron chi connectivity index (χ3n) is 5.65. The molecule has 0 unspecified atom stereocenters. The summed E-state index contributed by atoms with van der Waals surface area (Å²) in [5.74, 6) is 1.01. The van der Waals surface area contributed by atoms with E-state index in [0.717, 1.165) is 64.5 Å². The lowest BCUT2D eigenvalue weighted by molar-refractivity contribution is 0.185. The number of para-hydroxylation sites is 2. The van der Waals surface area contributed by atoms with E-state index in [1.54, 1.807) is 0 Å². The second-order valence-corrected chi connectivity index (χ2v) is 7.36. The zero-order chi connectivity index (χ0) is 18.5. The summed E-state index contributed by atoms with van der Waals surface area (Å²) >= 11 is 0. The van der Waals surface area contributed by atoms with Gasteiger partial charge in [-0.1, -0.05) is 18.2 Å². The number of anilines is 1. The molecule has 27 heavy (non-hydrogen) atoms. The highest BCUT2D eigenvalue weighted by Crippen LogP contribution is 2.28. The highest BCUT2D eigenvalue weighted by Gasteiger charge is 2.21. The van der Waals surface area contributed by atoms with Crippen LogP contribution in [0.1, 0.15) is 18.2 Å². The maximum Gasteiger partial charge on any atom is 0.142 e. The number of nitrogens with zero attached hydrogens (tertiary/aromatic N) is 4. The maximum absolute atomic E-state index is 5.81. The SMILES string of the molecule is CCOc1ccccc1N1CCN(CCN2CCc3ncccc3C2)CC1. The first-order chi connectivity index (χ1) is 13.3. The Balaban J connectivity index is 1.26. The molecule has 5 heteroatoms. The number of hydrogen-bond acceptors (Lipinski definition) is 5. The van der Waals surface area contributed by atoms with Gasteiger partial charge in [0.05, 0.1) is 12.3 Å². The Hall–Kier alpha value is -2.11. The van der Waals surface area contributed by atoms with E-state index in [1.165, 1.54) is 16.9 Å². The average molecular weight is 367 g/mol. The van der Waals surface area contributed by atoms with Crippen LogP contribution in [0.3, 0.4) is 0 Å². The lowest BCUT2D eigenvalue weighted by Crippen LogP contribution is -2.49. The number of pyridine rings is 1. The van der Waals surface area contributed by atoms with E-state index in [9.17, 15) is 0 Å². The fourth-order valence-electron chi connectivity index (χ4n) is 4.11. The molecule has 144 valence electrons. The normalized spacial score (nSPS) is 18.3. The van der Waals surface area contributed by atoms with Gasteiger partial charge in [-0.15, -0.1) is 0 Å². The van der Waals surface area contributed by atoms with Crippen molar-refractivity contribution >= 4 is 5.69 Å². The molecule has 0 aliphatic carbocycles. The van der Waals surface area contributed by atoms with E-state index in [-0.39, 0.29) is 0 Å². The van der Waals surface area contributed by atoms with Crippen LogP contribution < -0.4 is 9.64 Å². The molecule has 1 aromatic carbocycles. The maximum atomic E-state index is 5.81. The van der Waals surface area contributed by atoms with Gasteiger partial charge in [0.2, 0.25) is 0 Å². The van der Waals surface area contributed by atoms with Gasteiger partial charge in [0.15, 0.2) is 0 Å². The summed E-state index contributed by atoms with van der Waals surface area (Å²) in [6.07, 6.45) is 3.00. The van der Waals surface area contributed by atoms with Gasteiger partial charge in [-0.25, -0.2) is 0 Å². The van der Waals surface area contributed by atoms with E-state index < -0.39 is 0 Å². The van der Waals surface area contributed by atoms with Gasteiger partial charge in [0.25, 0.3) is 0 Å². The molecule has 3 heterocycles. The molecule has 0 amide bonds. The van der Waals surface area contributed by atoms with Crippen molar-refractivity contribution in [2.24, 2.45) is 0 Å². The Morgan fingerprint density at radius 1 is 0.926 bits per heavy atom. The van der Waals surface area contributed by atoms with Crippen LogP contribution in [0.2, 0.25) is 0 Å². The van der Waals surface area contributed by atoms with Crippen molar-refractivity contribution in [2.75, 3.05) is 57.3 Å². The summed E-state index contributed by atoms with van der Waals surface area (Å²) in [6, 6.07) is 12.7. The molecule has 2 aliphatic heterocycles. The highest BCUT2D eigenvalue weighted by molar-refractivity contribution is 5.58. The number of piperazine rings is 1. The number of hydrogen-bond donors (Lipinski definition) is 0. The Bertz CT molecular complexity index is 743. The Kier molecular flexibility index (Phi) is 5.90. The smallest absolute Gasteiger partial charge is 0.142 e. The minimum absolute atomic E-state index is 0.714. The molecule has 1 saturated heterocycles. The number of fused-ring (bicyclic) bond motifs is 1. The van der Waals surface area contributed by atoms with Crippen LogP contribution in [0.25, 0.3) is 0 Å². The lowest BCUT2D eigenvalue weighted by Gasteiger charge is -2.38. The summed E-state index contributed by atoms with van der Waals surface area (Å²) in [7, 11) is 0. The van der Waals surface area contributed by atoms with Crippen molar-refractivity contribution in [3.63, 3.8) is 0 Å². The average Bonchev–Trinajstić information content (AvgIpc) is 2.73. The van der Waals surface area contributed by atoms with E-state index >= 15 is 0 Å². The first kappa shape index (κ1) is 18.3. The molecule has 2 aromatic rings. The summed E-state index contributed by atoms with van der Waals surface area (Å²) in [5, 5.41) is 0. The predicted octanol–water partition coefficient (Wildman–Crippen LogP) is 2.66. The van der Waals surface area contributed by atoms with E-state index in [1.807, 2.05) is 13.1 Å². The van der Waals surface area contributed by atoms with Crippen LogP contribution in [0.15, 0.2) is 42.6 Å². The van der Waals surface area contributed by atoms with E-state index in [2.05, 4.69) is 56.1 Å². The fraction of sp³-hybridized carbons (Fsp3) is 0.500. The monoisotopic (exact) mass is 366 g/mol. The van der Waals surface area contributed by atoms with Crippen LogP contribution in [-0.2, 0) is 13.0 Å². The van der Waals surface area contributed by atoms with Gasteiger partial charge >= 0.3 is 0 Å². The van der Waals surface area contributed by atoms with Gasteiger partial charge in [-0.05, 0) is 30.7 Å². The summed E-state index contributed by atoms with van der Waals surface area (Å²) in [6.45, 7) is 11.6. The Labute approximate surface area is 162 Å². The molecule has 5 nitrogen and oxygen atoms in total. The second kappa shape index (κ2) is 8.72. The number of aromatic nitrogens is 1. The van der Waals surface area contributed by atoms with Gasteiger partial charge in [0.1, 0.15) is 5.75 Å². The van der Waals surface area contributed by atoms with Crippen LogP contribution >= 0.6 is 0 Å². The molecule has 0 N–H and O–H groups in total. The van der Waals surface area contributed by atoms with Crippen molar-refractivity contribution < 1.29 is 4.74 Å². The highest BCUT2D eigenvalue weighted by atomic mass is 16.5. The summed E-state index contributed by atoms with van der Waals surface area (Å²) in [4.78, 5) is 12.1. The molecule has 0 radical (unpaired) electrons. The predicted molar refractivity (Wildman–Crippen MR) is 109 cm³/mol. The minimum atomic E-state index is 0.714. The summed E-state index contributed by atoms with van der Waals surface area (Å²) < 4.78 is 5.81. The molecule has 1 aromatic heterocycles. The molecular weight excluding hydrogens is 336 g/mol. The Morgan fingerprint density at radius 2 is 1.74 bits per heavy atom. The van der Waals surface area contributed by atoms with Crippen molar-refractivity contribution in [3.8, 4) is 5.75 Å². The molecule has 4 rings (SSSR count). The molecular formula is C22H30N4O. The Morgan fingerprint density at radius 3 is 2.59 bits per heavy atom. The molecule has 0 saturated carbocycles. The molecule has 1 fully saturated rings. The molecule has 0 spiro atoms. The first-order valence-corrected chi connectivity index (χ1v) is 10.2. The zero-order valence-corrected chi connectivity index (χ0v) is 16.3. The van der Waals surface area contributed by atoms with Gasteiger partial charge in [0, 0.05) is 70.7 Å². The van der Waals surface area contributed by atoms with Crippen molar-refractivity contribution in [1.29, 1.82) is 0 Å². The van der Waals surface area contributed by atoms with Gasteiger partial charge in [-0.2, -0.15) is 0 Å². The van der Waals surface area contributed by atoms with Crippen molar-refractivity contribution in [2.45, 2.75) is 19.9 Å². The van der Waals surface area contributed by atoms with Crippen molar-refractivity contribution in [3.05, 3.63) is 53.9 Å². The second-order valence-electron chi connectivity index (χ2n) is 7.36. The first-order valence-electron chi connectivity index (χ1n) is 10.2. The molecule has 0 atom stereocenters. The third-order valence-corrected chi connectivity index (χ3v) is 5.65. The van der Waals surface area contributed by atoms with Gasteiger partial charge in [-0.3, -0.25) is 14.8 Å². The third kappa shape index (κ3) is 4.42. The molecule has 2 aliphatic rings. The van der Waals surface area contributed by atoms with Crippen LogP contribution in [0.5, 0.6) is 5.75 Å². The minimum Gasteiger partial charge on any atom is -0.492 e. The van der Waals surface area contributed by atoms with Crippen LogP contribution in [-0.4, -0.2) is 67.2 Å². The van der Waals surface area contributed by atoms with Crippen molar-refractivity contribution in [1.82, 2.24) is 14.8 Å². The fourth-order valence-corrected chi connectivity index (χ4v) is 4.11. The lowest BCUT2D eigenvalue weighted by atomic mass is 10.1. The zero-order valence-electron chi connectivity index (χ0n) is 16.3. The molecule has 0 bridgehead atoms. The number of benzene rings is 1. The largest absolute Gasteiger partial charge is 0.492 e. The summed E-state index contributed by atoms with van der Waals surface area (Å²) in [5.41, 5.74) is 3.93. The number of ether oxygens (including phenoxy) is 1. The quantitative estimate of drug-likeness (QED) is 0.785. The topological polar surface area (TPSA) is 31.8 Å².